The highest BCUT2D eigenvalue weighted by molar-refractivity contribution is 5.97. The minimum absolute atomic E-state index is 0.531. The number of hydrogen-bond donors (Lipinski definition) is 2. The van der Waals surface area contributed by atoms with Crippen molar-refractivity contribution in [1.82, 2.24) is 0 Å². The van der Waals surface area contributed by atoms with Gasteiger partial charge in [0.2, 0.25) is 5.76 Å². The number of esters is 3. The molecule has 0 aromatic heterocycles. The third-order valence-corrected chi connectivity index (χ3v) is 2.53. The van der Waals surface area contributed by atoms with Crippen LogP contribution in [-0.4, -0.2) is 41.1 Å². The van der Waals surface area contributed by atoms with Gasteiger partial charge >= 0.3 is 17.9 Å². The van der Waals surface area contributed by atoms with Gasteiger partial charge in [-0.05, 0) is 0 Å². The fraction of sp³-hybridized carbons (Fsp3) is 0.400. The maximum atomic E-state index is 11.7. The minimum Gasteiger partial charge on any atom is -0.457 e. The Labute approximate surface area is 105 Å². The minimum atomic E-state index is -2.39. The molecule has 1 fully saturated rings. The highest BCUT2D eigenvalue weighted by atomic mass is 16.6. The van der Waals surface area contributed by atoms with Crippen LogP contribution < -0.4 is 5.73 Å². The van der Waals surface area contributed by atoms with Crippen molar-refractivity contribution >= 4 is 23.8 Å². The highest BCUT2D eigenvalue weighted by Gasteiger charge is 2.47. The number of hydrogen-bond acceptors (Lipinski definition) is 8. The van der Waals surface area contributed by atoms with E-state index in [2.05, 4.69) is 9.47 Å². The van der Waals surface area contributed by atoms with E-state index in [1.807, 2.05) is 0 Å². The fourth-order valence-electron chi connectivity index (χ4n) is 1.62. The Balaban J connectivity index is 2.54. The zero-order valence-electron chi connectivity index (χ0n) is 9.50. The van der Waals surface area contributed by atoms with Crippen molar-refractivity contribution in [3.05, 3.63) is 11.5 Å². The normalized spacial score (nSPS) is 31.3. The van der Waals surface area contributed by atoms with E-state index in [-0.39, 0.29) is 0 Å². The summed E-state index contributed by atoms with van der Waals surface area (Å²) in [6, 6.07) is 0. The fourth-order valence-corrected chi connectivity index (χ4v) is 1.62. The average Bonchev–Trinajstić information content (AvgIpc) is 2.28. The molecule has 0 aromatic rings. The van der Waals surface area contributed by atoms with Crippen LogP contribution in [0.4, 0.5) is 0 Å². The Morgan fingerprint density at radius 3 is 2.42 bits per heavy atom. The van der Waals surface area contributed by atoms with Crippen LogP contribution >= 0.6 is 0 Å². The molecule has 0 spiro atoms. The predicted octanol–water partition coefficient (Wildman–Crippen LogP) is -2.15. The molecule has 0 aromatic carbocycles. The Morgan fingerprint density at radius 1 is 1.16 bits per heavy atom. The number of rotatable bonds is 1. The second-order valence-electron chi connectivity index (χ2n) is 4.03. The van der Waals surface area contributed by atoms with Crippen LogP contribution in [0.5, 0.6) is 0 Å². The number of ether oxygens (including phenoxy) is 3. The molecule has 2 bridgehead atoms. The topological polar surface area (TPSA) is 142 Å². The molecule has 0 saturated carbocycles. The van der Waals surface area contributed by atoms with Gasteiger partial charge in [-0.25, -0.2) is 4.79 Å². The lowest BCUT2D eigenvalue weighted by atomic mass is 9.95. The van der Waals surface area contributed by atoms with E-state index >= 15 is 0 Å². The van der Waals surface area contributed by atoms with Crippen molar-refractivity contribution in [2.45, 2.75) is 18.4 Å². The van der Waals surface area contributed by atoms with Gasteiger partial charge in [0.15, 0.2) is 18.0 Å². The van der Waals surface area contributed by atoms with Crippen molar-refractivity contribution in [3.8, 4) is 0 Å². The number of amides is 1. The van der Waals surface area contributed by atoms with Gasteiger partial charge in [-0.15, -0.1) is 0 Å². The molecule has 2 aliphatic heterocycles. The van der Waals surface area contributed by atoms with Crippen molar-refractivity contribution < 1.29 is 38.5 Å². The molecular formula is C10H9NO8. The molecule has 1 unspecified atom stereocenters. The van der Waals surface area contributed by atoms with Gasteiger partial charge in [0.25, 0.3) is 5.91 Å². The van der Waals surface area contributed by atoms with E-state index < -0.39 is 60.4 Å². The molecular weight excluding hydrogens is 262 g/mol. The third-order valence-electron chi connectivity index (χ3n) is 2.53. The SMILES string of the molecule is NC(=O)/C1=C2\COC(=O)CC(O)(CC(=O)O1)C(=O)O2. The molecule has 19 heavy (non-hydrogen) atoms. The molecule has 3 N–H and O–H groups in total. The summed E-state index contributed by atoms with van der Waals surface area (Å²) in [4.78, 5) is 45.6. The Kier molecular flexibility index (Phi) is 2.98. The monoisotopic (exact) mass is 271 g/mol. The Hall–Kier alpha value is -2.42. The highest BCUT2D eigenvalue weighted by Crippen LogP contribution is 2.27. The number of fused-ring (bicyclic) bond motifs is 3. The molecule has 2 rings (SSSR count). The molecule has 0 aliphatic carbocycles. The molecule has 0 radical (unpaired) electrons. The van der Waals surface area contributed by atoms with Gasteiger partial charge in [0.1, 0.15) is 0 Å². The first-order chi connectivity index (χ1) is 8.82. The summed E-state index contributed by atoms with van der Waals surface area (Å²) in [5.41, 5.74) is 2.58. The molecule has 1 amide bonds. The largest absolute Gasteiger partial charge is 0.457 e. The standard InChI is InChI=1S/C10H9NO8/c11-8(14)7-4-3-17-5(12)1-10(16,9(15)18-4)2-6(13)19-7/h16H,1-3H2,(H2,11,14)/b7-4-. The van der Waals surface area contributed by atoms with Gasteiger partial charge in [-0.1, -0.05) is 0 Å². The number of carbonyl (C=O) groups is 4. The molecule has 2 heterocycles. The van der Waals surface area contributed by atoms with Crippen LogP contribution in [0, 0.1) is 0 Å². The quantitative estimate of drug-likeness (QED) is 0.406. The van der Waals surface area contributed by atoms with E-state index in [1.54, 1.807) is 0 Å². The molecule has 2 aliphatic rings. The van der Waals surface area contributed by atoms with Gasteiger partial charge in [0, 0.05) is 0 Å². The van der Waals surface area contributed by atoms with Crippen LogP contribution in [0.3, 0.4) is 0 Å². The summed E-state index contributed by atoms with van der Waals surface area (Å²) in [7, 11) is 0. The van der Waals surface area contributed by atoms with Crippen LogP contribution in [0.15, 0.2) is 11.5 Å². The van der Waals surface area contributed by atoms with Crippen molar-refractivity contribution in [1.29, 1.82) is 0 Å². The molecule has 1 saturated heterocycles. The van der Waals surface area contributed by atoms with Gasteiger partial charge < -0.3 is 25.1 Å². The zero-order chi connectivity index (χ0) is 14.2. The maximum absolute atomic E-state index is 11.7. The first-order valence-electron chi connectivity index (χ1n) is 5.16. The van der Waals surface area contributed by atoms with Crippen molar-refractivity contribution in [2.24, 2.45) is 5.73 Å². The zero-order valence-corrected chi connectivity index (χ0v) is 9.50. The Morgan fingerprint density at radius 2 is 1.79 bits per heavy atom. The molecule has 9 heteroatoms. The van der Waals surface area contributed by atoms with E-state index in [1.165, 1.54) is 0 Å². The smallest absolute Gasteiger partial charge is 0.344 e. The number of aliphatic hydroxyl groups is 1. The molecule has 102 valence electrons. The predicted molar refractivity (Wildman–Crippen MR) is 53.5 cm³/mol. The van der Waals surface area contributed by atoms with E-state index in [0.717, 1.165) is 0 Å². The van der Waals surface area contributed by atoms with Gasteiger partial charge in [0.05, 0.1) is 12.8 Å². The van der Waals surface area contributed by atoms with Crippen molar-refractivity contribution in [3.63, 3.8) is 0 Å². The van der Waals surface area contributed by atoms with Crippen LogP contribution in [0.2, 0.25) is 0 Å². The first kappa shape index (κ1) is 13.0. The van der Waals surface area contributed by atoms with Crippen molar-refractivity contribution in [2.75, 3.05) is 6.61 Å². The van der Waals surface area contributed by atoms with Gasteiger partial charge in [-0.2, -0.15) is 0 Å². The summed E-state index contributed by atoms with van der Waals surface area (Å²) in [6.45, 7) is -0.605. The summed E-state index contributed by atoms with van der Waals surface area (Å²) in [6.07, 6.45) is -1.61. The lowest BCUT2D eigenvalue weighted by Gasteiger charge is -2.29. The number of carbonyl (C=O) groups excluding carboxylic acids is 4. The summed E-state index contributed by atoms with van der Waals surface area (Å²) >= 11 is 0. The second-order valence-corrected chi connectivity index (χ2v) is 4.03. The number of nitrogens with two attached hydrogens (primary N) is 1. The lowest BCUT2D eigenvalue weighted by Crippen LogP contribution is -2.48. The average molecular weight is 271 g/mol. The van der Waals surface area contributed by atoms with Crippen LogP contribution in [-0.2, 0) is 33.4 Å². The second kappa shape index (κ2) is 4.35. The Bertz CT molecular complexity index is 522. The summed E-state index contributed by atoms with van der Waals surface area (Å²) in [5, 5.41) is 9.95. The van der Waals surface area contributed by atoms with Gasteiger partial charge in [-0.3, -0.25) is 14.4 Å². The third kappa shape index (κ3) is 2.40. The molecule has 1 atom stereocenters. The lowest BCUT2D eigenvalue weighted by molar-refractivity contribution is -0.182. The summed E-state index contributed by atoms with van der Waals surface area (Å²) < 4.78 is 14.0. The maximum Gasteiger partial charge on any atom is 0.344 e. The first-order valence-corrected chi connectivity index (χ1v) is 5.16. The van der Waals surface area contributed by atoms with Crippen LogP contribution in [0.25, 0.3) is 0 Å². The summed E-state index contributed by atoms with van der Waals surface area (Å²) in [5.74, 6) is -5.67. The van der Waals surface area contributed by atoms with E-state index in [9.17, 15) is 24.3 Å². The number of primary amides is 1. The van der Waals surface area contributed by atoms with E-state index in [0.29, 0.717) is 0 Å². The molecule has 9 nitrogen and oxygen atoms in total. The van der Waals surface area contributed by atoms with E-state index in [4.69, 9.17) is 10.5 Å². The van der Waals surface area contributed by atoms with Crippen LogP contribution in [0.1, 0.15) is 12.8 Å². The number of cyclic esters (lactones) is 2.